The number of halogens is 1. The minimum atomic E-state index is -3.53. The van der Waals surface area contributed by atoms with E-state index < -0.39 is 15.9 Å². The lowest BCUT2D eigenvalue weighted by Gasteiger charge is -2.18. The average molecular weight is 377 g/mol. The molecule has 2 rings (SSSR count). The largest absolute Gasteiger partial charge is 0.272 e. The number of carbonyl (C=O) groups excluding carboxylic acids is 1. The topological polar surface area (TPSA) is 78.8 Å². The van der Waals surface area contributed by atoms with Crippen LogP contribution in [0.3, 0.4) is 0 Å². The summed E-state index contributed by atoms with van der Waals surface area (Å²) in [6.07, 6.45) is 2.92. The number of hydrogen-bond acceptors (Lipinski definition) is 4. The molecule has 138 valence electrons. The molecule has 0 heterocycles. The van der Waals surface area contributed by atoms with Crippen molar-refractivity contribution in [2.45, 2.75) is 6.42 Å². The van der Waals surface area contributed by atoms with Gasteiger partial charge in [-0.15, -0.1) is 0 Å². The normalized spacial score (nSPS) is 11.8. The highest BCUT2D eigenvalue weighted by atomic mass is 32.2. The van der Waals surface area contributed by atoms with Gasteiger partial charge in [-0.1, -0.05) is 42.5 Å². The van der Waals surface area contributed by atoms with Gasteiger partial charge in [0.05, 0.1) is 19.0 Å². The zero-order valence-electron chi connectivity index (χ0n) is 14.3. The number of rotatable bonds is 8. The van der Waals surface area contributed by atoms with E-state index in [1.165, 1.54) is 30.5 Å². The summed E-state index contributed by atoms with van der Waals surface area (Å²) < 4.78 is 37.7. The van der Waals surface area contributed by atoms with Gasteiger partial charge >= 0.3 is 0 Å². The van der Waals surface area contributed by atoms with E-state index in [1.807, 2.05) is 30.3 Å². The summed E-state index contributed by atoms with van der Waals surface area (Å²) in [5, 5.41) is 3.76. The van der Waals surface area contributed by atoms with Crippen LogP contribution in [-0.4, -0.2) is 44.2 Å². The van der Waals surface area contributed by atoms with Crippen molar-refractivity contribution in [3.63, 3.8) is 0 Å². The molecule has 1 N–H and O–H groups in total. The molecule has 0 bridgehead atoms. The van der Waals surface area contributed by atoms with Crippen LogP contribution in [0, 0.1) is 5.82 Å². The standard InChI is InChI=1S/C18H20FN3O3S/c1-26(24,25)22(12-11-15-5-3-2-4-6-15)14-18(23)21-20-13-16-7-9-17(19)10-8-16/h2-10,13H,11-12,14H2,1H3,(H,21,23)/b20-13+. The van der Waals surface area contributed by atoms with Crippen LogP contribution >= 0.6 is 0 Å². The molecule has 0 atom stereocenters. The number of carbonyl (C=O) groups is 1. The zero-order chi connectivity index (χ0) is 19.0. The van der Waals surface area contributed by atoms with E-state index in [-0.39, 0.29) is 18.9 Å². The second-order valence-electron chi connectivity index (χ2n) is 5.68. The molecular formula is C18H20FN3O3S. The van der Waals surface area contributed by atoms with Gasteiger partial charge in [0.25, 0.3) is 5.91 Å². The smallest absolute Gasteiger partial charge is 0.255 e. The Hall–Kier alpha value is -2.58. The van der Waals surface area contributed by atoms with Gasteiger partial charge in [0, 0.05) is 6.54 Å². The van der Waals surface area contributed by atoms with Crippen LogP contribution < -0.4 is 5.43 Å². The Morgan fingerprint density at radius 1 is 1.15 bits per heavy atom. The molecule has 0 saturated carbocycles. The number of nitrogens with one attached hydrogen (secondary N) is 1. The average Bonchev–Trinajstić information content (AvgIpc) is 2.60. The van der Waals surface area contributed by atoms with E-state index in [9.17, 15) is 17.6 Å². The molecule has 0 unspecified atom stereocenters. The fraction of sp³-hybridized carbons (Fsp3) is 0.222. The molecule has 0 saturated heterocycles. The first-order valence-corrected chi connectivity index (χ1v) is 9.76. The van der Waals surface area contributed by atoms with Gasteiger partial charge in [-0.2, -0.15) is 9.41 Å². The van der Waals surface area contributed by atoms with Crippen LogP contribution in [0.15, 0.2) is 59.7 Å². The minimum Gasteiger partial charge on any atom is -0.272 e. The van der Waals surface area contributed by atoms with Crippen LogP contribution in [0.1, 0.15) is 11.1 Å². The van der Waals surface area contributed by atoms with E-state index in [0.717, 1.165) is 16.1 Å². The second kappa shape index (κ2) is 9.21. The maximum Gasteiger partial charge on any atom is 0.255 e. The van der Waals surface area contributed by atoms with Gasteiger partial charge in [-0.25, -0.2) is 18.2 Å². The Labute approximate surface area is 152 Å². The summed E-state index contributed by atoms with van der Waals surface area (Å²) in [7, 11) is -3.53. The summed E-state index contributed by atoms with van der Waals surface area (Å²) in [6.45, 7) is -0.135. The summed E-state index contributed by atoms with van der Waals surface area (Å²) in [5.41, 5.74) is 3.87. The predicted octanol–water partition coefficient (Wildman–Crippen LogP) is 1.78. The Morgan fingerprint density at radius 3 is 2.42 bits per heavy atom. The van der Waals surface area contributed by atoms with E-state index >= 15 is 0 Å². The van der Waals surface area contributed by atoms with Crippen LogP contribution in [0.4, 0.5) is 4.39 Å². The van der Waals surface area contributed by atoms with Crippen molar-refractivity contribution < 1.29 is 17.6 Å². The second-order valence-corrected chi connectivity index (χ2v) is 7.66. The third-order valence-electron chi connectivity index (χ3n) is 3.55. The molecule has 2 aromatic rings. The summed E-state index contributed by atoms with van der Waals surface area (Å²) in [4.78, 5) is 12.0. The van der Waals surface area contributed by atoms with Crippen molar-refractivity contribution in [3.8, 4) is 0 Å². The molecule has 0 aromatic heterocycles. The summed E-state index contributed by atoms with van der Waals surface area (Å²) in [6, 6.07) is 15.0. The monoisotopic (exact) mass is 377 g/mol. The molecule has 0 fully saturated rings. The van der Waals surface area contributed by atoms with Crippen LogP contribution in [0.25, 0.3) is 0 Å². The predicted molar refractivity (Wildman–Crippen MR) is 98.7 cm³/mol. The lowest BCUT2D eigenvalue weighted by Crippen LogP contribution is -2.40. The molecule has 0 aliphatic heterocycles. The Bertz CT molecular complexity index is 853. The number of hydrogen-bond donors (Lipinski definition) is 1. The Balaban J connectivity index is 1.90. The number of benzene rings is 2. The molecule has 0 aliphatic rings. The van der Waals surface area contributed by atoms with E-state index in [1.54, 1.807) is 0 Å². The van der Waals surface area contributed by atoms with Crippen molar-refractivity contribution in [1.82, 2.24) is 9.73 Å². The minimum absolute atomic E-state index is 0.192. The molecule has 0 aliphatic carbocycles. The quantitative estimate of drug-likeness (QED) is 0.563. The van der Waals surface area contributed by atoms with Gasteiger partial charge in [-0.05, 0) is 29.7 Å². The lowest BCUT2D eigenvalue weighted by atomic mass is 10.1. The van der Waals surface area contributed by atoms with Crippen LogP contribution in [-0.2, 0) is 21.2 Å². The fourth-order valence-electron chi connectivity index (χ4n) is 2.18. The van der Waals surface area contributed by atoms with Crippen molar-refractivity contribution in [2.24, 2.45) is 5.10 Å². The molecular weight excluding hydrogens is 357 g/mol. The first-order valence-electron chi connectivity index (χ1n) is 7.91. The third kappa shape index (κ3) is 6.73. The van der Waals surface area contributed by atoms with Crippen molar-refractivity contribution in [1.29, 1.82) is 0 Å². The molecule has 0 radical (unpaired) electrons. The summed E-state index contributed by atoms with van der Waals surface area (Å²) in [5.74, 6) is -0.921. The Kier molecular flexibility index (Phi) is 6.99. The van der Waals surface area contributed by atoms with E-state index in [2.05, 4.69) is 10.5 Å². The highest BCUT2D eigenvalue weighted by Crippen LogP contribution is 2.05. The Morgan fingerprint density at radius 2 is 1.81 bits per heavy atom. The van der Waals surface area contributed by atoms with E-state index in [4.69, 9.17) is 0 Å². The highest BCUT2D eigenvalue weighted by Gasteiger charge is 2.19. The molecule has 2 aromatic carbocycles. The number of sulfonamides is 1. The van der Waals surface area contributed by atoms with Gasteiger partial charge in [0.1, 0.15) is 5.82 Å². The molecule has 8 heteroatoms. The fourth-order valence-corrected chi connectivity index (χ4v) is 2.96. The molecule has 1 amide bonds. The summed E-state index contributed by atoms with van der Waals surface area (Å²) >= 11 is 0. The molecule has 6 nitrogen and oxygen atoms in total. The first kappa shape index (κ1) is 19.7. The maximum atomic E-state index is 12.8. The van der Waals surface area contributed by atoms with E-state index in [0.29, 0.717) is 12.0 Å². The number of nitrogens with zero attached hydrogens (tertiary/aromatic N) is 2. The number of hydrazone groups is 1. The third-order valence-corrected chi connectivity index (χ3v) is 4.80. The van der Waals surface area contributed by atoms with Gasteiger partial charge in [0.15, 0.2) is 0 Å². The van der Waals surface area contributed by atoms with Crippen LogP contribution in [0.2, 0.25) is 0 Å². The lowest BCUT2D eigenvalue weighted by molar-refractivity contribution is -0.121. The van der Waals surface area contributed by atoms with Crippen molar-refractivity contribution in [2.75, 3.05) is 19.3 Å². The maximum absolute atomic E-state index is 12.8. The van der Waals surface area contributed by atoms with Crippen LogP contribution in [0.5, 0.6) is 0 Å². The van der Waals surface area contributed by atoms with Gasteiger partial charge in [0.2, 0.25) is 10.0 Å². The zero-order valence-corrected chi connectivity index (χ0v) is 15.1. The van der Waals surface area contributed by atoms with Gasteiger partial charge in [-0.3, -0.25) is 4.79 Å². The van der Waals surface area contributed by atoms with Crippen molar-refractivity contribution >= 4 is 22.1 Å². The SMILES string of the molecule is CS(=O)(=O)N(CCc1ccccc1)CC(=O)N/N=C/c1ccc(F)cc1. The molecule has 0 spiro atoms. The first-order chi connectivity index (χ1) is 12.3. The van der Waals surface area contributed by atoms with Gasteiger partial charge < -0.3 is 0 Å². The highest BCUT2D eigenvalue weighted by molar-refractivity contribution is 7.88. The van der Waals surface area contributed by atoms with Crippen molar-refractivity contribution in [3.05, 3.63) is 71.5 Å². The molecule has 26 heavy (non-hydrogen) atoms. The number of amides is 1.